The average Bonchev–Trinajstić information content (AvgIpc) is 3.08. The number of amidine groups is 1. The summed E-state index contributed by atoms with van der Waals surface area (Å²) in [7, 11) is 0. The fraction of sp³-hybridized carbons (Fsp3) is 0.938. The largest absolute Gasteiger partial charge is 0.364 e. The SMILES string of the molecule is CCC(CC)C1CN=C(NCC2(CC)CCCC2)S1. The van der Waals surface area contributed by atoms with Crippen LogP contribution in [0.3, 0.4) is 0 Å². The maximum Gasteiger partial charge on any atom is 0.156 e. The molecule has 110 valence electrons. The van der Waals surface area contributed by atoms with E-state index in [4.69, 9.17) is 4.99 Å². The molecule has 1 N–H and O–H groups in total. The van der Waals surface area contributed by atoms with Gasteiger partial charge in [0.2, 0.25) is 0 Å². The van der Waals surface area contributed by atoms with Crippen LogP contribution in [-0.2, 0) is 0 Å². The number of nitrogens with zero attached hydrogens (tertiary/aromatic N) is 1. The highest BCUT2D eigenvalue weighted by molar-refractivity contribution is 8.14. The molecule has 0 spiro atoms. The van der Waals surface area contributed by atoms with Crippen LogP contribution < -0.4 is 5.32 Å². The van der Waals surface area contributed by atoms with Crippen molar-refractivity contribution in [1.82, 2.24) is 5.32 Å². The second kappa shape index (κ2) is 7.01. The van der Waals surface area contributed by atoms with Gasteiger partial charge < -0.3 is 5.32 Å². The first-order chi connectivity index (χ1) is 9.23. The van der Waals surface area contributed by atoms with Gasteiger partial charge in [0, 0.05) is 11.8 Å². The summed E-state index contributed by atoms with van der Waals surface area (Å²) in [5, 5.41) is 5.60. The lowest BCUT2D eigenvalue weighted by molar-refractivity contribution is 0.285. The fourth-order valence-electron chi connectivity index (χ4n) is 3.59. The van der Waals surface area contributed by atoms with Crippen molar-refractivity contribution in [3.8, 4) is 0 Å². The molecule has 0 aromatic rings. The van der Waals surface area contributed by atoms with Crippen molar-refractivity contribution in [1.29, 1.82) is 0 Å². The molecule has 2 aliphatic rings. The van der Waals surface area contributed by atoms with E-state index >= 15 is 0 Å². The summed E-state index contributed by atoms with van der Waals surface area (Å²) in [6.45, 7) is 9.14. The second-order valence-electron chi connectivity index (χ2n) is 6.29. The summed E-state index contributed by atoms with van der Waals surface area (Å²) >= 11 is 2.00. The van der Waals surface area contributed by atoms with Gasteiger partial charge in [0.1, 0.15) is 0 Å². The lowest BCUT2D eigenvalue weighted by Gasteiger charge is -2.28. The number of hydrogen-bond donors (Lipinski definition) is 1. The Morgan fingerprint density at radius 3 is 2.53 bits per heavy atom. The molecule has 1 saturated carbocycles. The topological polar surface area (TPSA) is 24.4 Å². The number of hydrogen-bond acceptors (Lipinski definition) is 3. The quantitative estimate of drug-likeness (QED) is 0.778. The predicted octanol–water partition coefficient (Wildman–Crippen LogP) is 4.45. The van der Waals surface area contributed by atoms with Crippen LogP contribution in [0.15, 0.2) is 4.99 Å². The molecular formula is C16H30N2S. The molecule has 0 radical (unpaired) electrons. The number of thioether (sulfide) groups is 1. The van der Waals surface area contributed by atoms with E-state index in [-0.39, 0.29) is 0 Å². The summed E-state index contributed by atoms with van der Waals surface area (Å²) in [6.07, 6.45) is 9.55. The van der Waals surface area contributed by atoms with Gasteiger partial charge in [-0.1, -0.05) is 58.2 Å². The van der Waals surface area contributed by atoms with Gasteiger partial charge in [0.15, 0.2) is 5.17 Å². The standard InChI is InChI=1S/C16H30N2S/c1-4-13(5-2)14-11-17-15(19-14)18-12-16(6-3)9-7-8-10-16/h13-14H,4-12H2,1-3H3,(H,17,18). The van der Waals surface area contributed by atoms with Crippen molar-refractivity contribution in [2.45, 2.75) is 71.0 Å². The molecule has 19 heavy (non-hydrogen) atoms. The molecule has 0 amide bonds. The zero-order valence-electron chi connectivity index (χ0n) is 12.9. The van der Waals surface area contributed by atoms with Crippen molar-refractivity contribution in [3.63, 3.8) is 0 Å². The molecule has 1 unspecified atom stereocenters. The fourth-order valence-corrected chi connectivity index (χ4v) is 4.91. The van der Waals surface area contributed by atoms with Crippen molar-refractivity contribution >= 4 is 16.9 Å². The minimum absolute atomic E-state index is 0.566. The van der Waals surface area contributed by atoms with Crippen molar-refractivity contribution in [2.24, 2.45) is 16.3 Å². The highest BCUT2D eigenvalue weighted by atomic mass is 32.2. The molecule has 1 fully saturated rings. The van der Waals surface area contributed by atoms with Crippen LogP contribution in [0.4, 0.5) is 0 Å². The lowest BCUT2D eigenvalue weighted by atomic mass is 9.83. The van der Waals surface area contributed by atoms with Crippen LogP contribution in [0.2, 0.25) is 0 Å². The number of rotatable bonds is 6. The molecule has 0 aromatic carbocycles. The Labute approximate surface area is 123 Å². The van der Waals surface area contributed by atoms with E-state index < -0.39 is 0 Å². The van der Waals surface area contributed by atoms with E-state index in [1.165, 1.54) is 50.1 Å². The van der Waals surface area contributed by atoms with Gasteiger partial charge in [-0.25, -0.2) is 0 Å². The lowest BCUT2D eigenvalue weighted by Crippen LogP contribution is -2.34. The van der Waals surface area contributed by atoms with Crippen LogP contribution in [0.25, 0.3) is 0 Å². The molecule has 3 heteroatoms. The monoisotopic (exact) mass is 282 g/mol. The maximum absolute atomic E-state index is 4.73. The molecular weight excluding hydrogens is 252 g/mol. The van der Waals surface area contributed by atoms with Crippen molar-refractivity contribution in [2.75, 3.05) is 13.1 Å². The Hall–Kier alpha value is -0.180. The highest BCUT2D eigenvalue weighted by Gasteiger charge is 2.33. The van der Waals surface area contributed by atoms with Crippen LogP contribution in [0.1, 0.15) is 65.7 Å². The van der Waals surface area contributed by atoms with E-state index in [1.807, 2.05) is 11.8 Å². The minimum Gasteiger partial charge on any atom is -0.364 e. The van der Waals surface area contributed by atoms with Gasteiger partial charge in [-0.15, -0.1) is 0 Å². The summed E-state index contributed by atoms with van der Waals surface area (Å²) in [4.78, 5) is 4.73. The van der Waals surface area contributed by atoms with Gasteiger partial charge in [-0.05, 0) is 30.6 Å². The third kappa shape index (κ3) is 3.68. The molecule has 0 aromatic heterocycles. The molecule has 1 heterocycles. The second-order valence-corrected chi connectivity index (χ2v) is 7.52. The summed E-state index contributed by atoms with van der Waals surface area (Å²) in [5.74, 6) is 0.833. The molecule has 0 saturated heterocycles. The Morgan fingerprint density at radius 1 is 1.26 bits per heavy atom. The van der Waals surface area contributed by atoms with Gasteiger partial charge >= 0.3 is 0 Å². The van der Waals surface area contributed by atoms with E-state index in [2.05, 4.69) is 26.1 Å². The van der Waals surface area contributed by atoms with Gasteiger partial charge in [0.05, 0.1) is 6.54 Å². The number of aliphatic imine (C=N–C) groups is 1. The first-order valence-corrected chi connectivity index (χ1v) is 9.06. The maximum atomic E-state index is 4.73. The van der Waals surface area contributed by atoms with Crippen molar-refractivity contribution < 1.29 is 0 Å². The van der Waals surface area contributed by atoms with E-state index in [0.717, 1.165) is 24.3 Å². The number of nitrogens with one attached hydrogen (secondary N) is 1. The first-order valence-electron chi connectivity index (χ1n) is 8.18. The third-order valence-electron chi connectivity index (χ3n) is 5.28. The van der Waals surface area contributed by atoms with Crippen LogP contribution in [0, 0.1) is 11.3 Å². The van der Waals surface area contributed by atoms with Crippen LogP contribution in [0.5, 0.6) is 0 Å². The average molecular weight is 282 g/mol. The van der Waals surface area contributed by atoms with E-state index in [1.54, 1.807) is 0 Å². The Balaban J connectivity index is 1.79. The summed E-state index contributed by atoms with van der Waals surface area (Å²) in [5.41, 5.74) is 0.566. The highest BCUT2D eigenvalue weighted by Crippen LogP contribution is 2.40. The van der Waals surface area contributed by atoms with E-state index in [9.17, 15) is 0 Å². The van der Waals surface area contributed by atoms with Gasteiger partial charge in [0.25, 0.3) is 0 Å². The Morgan fingerprint density at radius 2 is 1.95 bits per heavy atom. The summed E-state index contributed by atoms with van der Waals surface area (Å²) in [6, 6.07) is 0. The normalized spacial score (nSPS) is 25.9. The molecule has 0 bridgehead atoms. The minimum atomic E-state index is 0.566. The van der Waals surface area contributed by atoms with Crippen molar-refractivity contribution in [3.05, 3.63) is 0 Å². The Bertz CT molecular complexity index is 304. The third-order valence-corrected chi connectivity index (χ3v) is 6.61. The van der Waals surface area contributed by atoms with Gasteiger partial charge in [-0.2, -0.15) is 0 Å². The molecule has 2 rings (SSSR count). The molecule has 1 atom stereocenters. The van der Waals surface area contributed by atoms with E-state index in [0.29, 0.717) is 5.41 Å². The Kier molecular flexibility index (Phi) is 5.61. The zero-order valence-corrected chi connectivity index (χ0v) is 13.7. The molecule has 1 aliphatic carbocycles. The summed E-state index contributed by atoms with van der Waals surface area (Å²) < 4.78 is 0. The zero-order chi connectivity index (χ0) is 13.7. The van der Waals surface area contributed by atoms with Crippen LogP contribution >= 0.6 is 11.8 Å². The van der Waals surface area contributed by atoms with Gasteiger partial charge in [-0.3, -0.25) is 4.99 Å². The molecule has 2 nitrogen and oxygen atoms in total. The molecule has 1 aliphatic heterocycles. The predicted molar refractivity (Wildman–Crippen MR) is 86.9 cm³/mol. The smallest absolute Gasteiger partial charge is 0.156 e. The first kappa shape index (κ1) is 15.2. The van der Waals surface area contributed by atoms with Crippen LogP contribution in [-0.4, -0.2) is 23.5 Å².